The summed E-state index contributed by atoms with van der Waals surface area (Å²) < 4.78 is 31.4. The van der Waals surface area contributed by atoms with Gasteiger partial charge in [-0.2, -0.15) is 13.5 Å². The summed E-state index contributed by atoms with van der Waals surface area (Å²) in [4.78, 5) is -0.420. The molecule has 0 fully saturated rings. The zero-order valence-corrected chi connectivity index (χ0v) is 15.8. The molecule has 0 amide bonds. The third-order valence-electron chi connectivity index (χ3n) is 2.80. The van der Waals surface area contributed by atoms with Crippen LogP contribution in [0.15, 0.2) is 45.5 Å². The second-order valence-corrected chi connectivity index (χ2v) is 6.20. The normalized spacial score (nSPS) is 11.4. The zero-order chi connectivity index (χ0) is 16.5. The fourth-order valence-corrected chi connectivity index (χ4v) is 2.39. The molecule has 10 heteroatoms. The zero-order valence-electron chi connectivity index (χ0n) is 12.2. The Labute approximate surface area is 159 Å². The molecule has 0 atom stereocenters. The molecule has 0 heterocycles. The van der Waals surface area contributed by atoms with Crippen molar-refractivity contribution >= 4 is 33.1 Å². The number of phenolic OH excluding ortho intramolecular Hbond substituents is 1. The van der Waals surface area contributed by atoms with Gasteiger partial charge in [0.05, 0.1) is 10.6 Å². The van der Waals surface area contributed by atoms with Gasteiger partial charge in [0.25, 0.3) is 10.1 Å². The summed E-state index contributed by atoms with van der Waals surface area (Å²) >= 11 is 5.89. The van der Waals surface area contributed by atoms with E-state index in [9.17, 15) is 18.6 Å². The van der Waals surface area contributed by atoms with E-state index in [-0.39, 0.29) is 57.5 Å². The van der Waals surface area contributed by atoms with Crippen molar-refractivity contribution in [2.45, 2.75) is 11.8 Å². The summed E-state index contributed by atoms with van der Waals surface area (Å²) in [6.07, 6.45) is 0. The van der Waals surface area contributed by atoms with Gasteiger partial charge < -0.3 is 10.2 Å². The topological polar surface area (TPSA) is 122 Å². The smallest absolute Gasteiger partial charge is 0.872 e. The molecule has 0 radical (unpaired) electrons. The minimum Gasteiger partial charge on any atom is -0.872 e. The Morgan fingerprint density at radius 1 is 1.13 bits per heavy atom. The van der Waals surface area contributed by atoms with Gasteiger partial charge >= 0.3 is 29.6 Å². The molecule has 116 valence electrons. The first-order valence-corrected chi connectivity index (χ1v) is 7.69. The van der Waals surface area contributed by atoms with Crippen LogP contribution in [0, 0.1) is 6.92 Å². The molecule has 2 aromatic rings. The molecule has 0 saturated carbocycles. The molecule has 2 aromatic carbocycles. The Morgan fingerprint density at radius 3 is 2.30 bits per heavy atom. The Kier molecular flexibility index (Phi) is 6.58. The Bertz CT molecular complexity index is 871. The van der Waals surface area contributed by atoms with E-state index in [1.807, 2.05) is 0 Å². The molecule has 0 bridgehead atoms. The van der Waals surface area contributed by atoms with Crippen LogP contribution in [-0.4, -0.2) is 18.1 Å². The SMILES string of the molecule is Cc1c(Cl)cc(S(=O)(=O)O)cc1N=Nc1ccc([O-])cc1O.[Na+]. The average molecular weight is 365 g/mol. The molecule has 7 nitrogen and oxygen atoms in total. The number of aromatic hydroxyl groups is 1. The van der Waals surface area contributed by atoms with Crippen LogP contribution in [0.3, 0.4) is 0 Å². The fourth-order valence-electron chi connectivity index (χ4n) is 1.59. The van der Waals surface area contributed by atoms with E-state index < -0.39 is 15.0 Å². The maximum absolute atomic E-state index is 11.2. The van der Waals surface area contributed by atoms with Crippen molar-refractivity contribution in [1.82, 2.24) is 0 Å². The standard InChI is InChI=1S/C13H11ClN2O5S.Na/c1-7-10(14)5-9(22(19,20)21)6-12(7)16-15-11-3-2-8(17)4-13(11)18;/h2-6,17-18H,1H3,(H,19,20,21);/q;+1/p-1. The number of rotatable bonds is 3. The van der Waals surface area contributed by atoms with Crippen LogP contribution >= 0.6 is 11.6 Å². The molecule has 2 N–H and O–H groups in total. The molecule has 0 unspecified atom stereocenters. The maximum atomic E-state index is 11.2. The number of benzene rings is 2. The summed E-state index contributed by atoms with van der Waals surface area (Å²) in [7, 11) is -4.44. The van der Waals surface area contributed by atoms with Gasteiger partial charge in [-0.1, -0.05) is 17.7 Å². The van der Waals surface area contributed by atoms with Gasteiger partial charge in [0.1, 0.15) is 11.4 Å². The van der Waals surface area contributed by atoms with Gasteiger partial charge in [-0.3, -0.25) is 4.55 Å². The molecule has 2 rings (SSSR count). The van der Waals surface area contributed by atoms with Gasteiger partial charge in [-0.15, -0.1) is 10.9 Å². The summed E-state index contributed by atoms with van der Waals surface area (Å²) in [5.74, 6) is -0.741. The van der Waals surface area contributed by atoms with Crippen molar-refractivity contribution in [2.75, 3.05) is 0 Å². The Morgan fingerprint density at radius 2 is 1.74 bits per heavy atom. The van der Waals surface area contributed by atoms with E-state index in [0.29, 0.717) is 5.56 Å². The Hall–Kier alpha value is -1.16. The second kappa shape index (κ2) is 7.61. The van der Waals surface area contributed by atoms with Gasteiger partial charge in [0.2, 0.25) is 0 Å². The number of hydrogen-bond acceptors (Lipinski definition) is 6. The summed E-state index contributed by atoms with van der Waals surface area (Å²) in [6, 6.07) is 5.63. The molecule has 0 spiro atoms. The largest absolute Gasteiger partial charge is 1.00 e. The van der Waals surface area contributed by atoms with E-state index in [2.05, 4.69) is 10.2 Å². The summed E-state index contributed by atoms with van der Waals surface area (Å²) in [6.45, 7) is 1.59. The molecule has 0 aromatic heterocycles. The second-order valence-electron chi connectivity index (χ2n) is 4.37. The van der Waals surface area contributed by atoms with E-state index in [0.717, 1.165) is 18.2 Å². The number of halogens is 1. The quantitative estimate of drug-likeness (QED) is 0.454. The van der Waals surface area contributed by atoms with E-state index >= 15 is 0 Å². The van der Waals surface area contributed by atoms with Crippen molar-refractivity contribution < 1.29 is 52.7 Å². The third-order valence-corrected chi connectivity index (χ3v) is 4.02. The van der Waals surface area contributed by atoms with Crippen molar-refractivity contribution in [3.05, 3.63) is 40.9 Å². The van der Waals surface area contributed by atoms with Crippen LogP contribution in [0.4, 0.5) is 11.4 Å². The monoisotopic (exact) mass is 364 g/mol. The van der Waals surface area contributed by atoms with Crippen molar-refractivity contribution in [1.29, 1.82) is 0 Å². The van der Waals surface area contributed by atoms with E-state index in [1.165, 1.54) is 12.1 Å². The first-order chi connectivity index (χ1) is 10.2. The first-order valence-electron chi connectivity index (χ1n) is 5.88. The molecule has 0 aliphatic heterocycles. The van der Waals surface area contributed by atoms with Crippen molar-refractivity contribution in [3.63, 3.8) is 0 Å². The van der Waals surface area contributed by atoms with Crippen LogP contribution in [0.1, 0.15) is 5.56 Å². The molecular formula is C13H10ClN2NaO5S. The van der Waals surface area contributed by atoms with E-state index in [4.69, 9.17) is 16.2 Å². The summed E-state index contributed by atoms with van der Waals surface area (Å²) in [5.41, 5.74) is 0.579. The Balaban J connectivity index is 0.00000264. The maximum Gasteiger partial charge on any atom is 1.00 e. The van der Waals surface area contributed by atoms with Gasteiger partial charge in [0.15, 0.2) is 0 Å². The van der Waals surface area contributed by atoms with Crippen molar-refractivity contribution in [3.8, 4) is 11.5 Å². The molecule has 0 saturated heterocycles. The fraction of sp³-hybridized carbons (Fsp3) is 0.0769. The molecule has 0 aliphatic carbocycles. The third kappa shape index (κ3) is 4.90. The van der Waals surface area contributed by atoms with Crippen molar-refractivity contribution in [2.24, 2.45) is 10.2 Å². The predicted octanol–water partition coefficient (Wildman–Crippen LogP) is 0.0937. The summed E-state index contributed by atoms with van der Waals surface area (Å²) in [5, 5.41) is 28.2. The predicted molar refractivity (Wildman–Crippen MR) is 77.7 cm³/mol. The molecule has 23 heavy (non-hydrogen) atoms. The van der Waals surface area contributed by atoms with Crippen LogP contribution in [-0.2, 0) is 10.1 Å². The van der Waals surface area contributed by atoms with Crippen LogP contribution < -0.4 is 34.7 Å². The number of azo groups is 1. The number of hydrogen-bond donors (Lipinski definition) is 2. The molecular weight excluding hydrogens is 355 g/mol. The van der Waals surface area contributed by atoms with E-state index in [1.54, 1.807) is 6.92 Å². The average Bonchev–Trinajstić information content (AvgIpc) is 2.40. The minimum absolute atomic E-state index is 0. The molecule has 0 aliphatic rings. The van der Waals surface area contributed by atoms with Gasteiger partial charge in [0, 0.05) is 5.02 Å². The van der Waals surface area contributed by atoms with Gasteiger partial charge in [-0.25, -0.2) is 0 Å². The number of nitrogens with zero attached hydrogens (tertiary/aromatic N) is 2. The van der Waals surface area contributed by atoms with Crippen LogP contribution in [0.2, 0.25) is 5.02 Å². The first kappa shape index (κ1) is 19.9. The van der Waals surface area contributed by atoms with Gasteiger partial charge in [-0.05, 0) is 36.8 Å². The van der Waals surface area contributed by atoms with Crippen LogP contribution in [0.25, 0.3) is 0 Å². The minimum atomic E-state index is -4.44. The number of phenols is 1. The van der Waals surface area contributed by atoms with Crippen LogP contribution in [0.5, 0.6) is 11.5 Å².